The molecule has 0 bridgehead atoms. The fraction of sp³-hybridized carbons (Fsp3) is 0.0667. The summed E-state index contributed by atoms with van der Waals surface area (Å²) in [5, 5.41) is 10.5. The third-order valence-corrected chi connectivity index (χ3v) is 6.93. The van der Waals surface area contributed by atoms with E-state index in [0.717, 1.165) is 11.1 Å². The lowest BCUT2D eigenvalue weighted by Gasteiger charge is -2.04. The van der Waals surface area contributed by atoms with Gasteiger partial charge in [-0.3, -0.25) is 0 Å². The first-order valence-electron chi connectivity index (χ1n) is 12.3. The quantitative estimate of drug-likeness (QED) is 0.175. The van der Waals surface area contributed by atoms with Gasteiger partial charge in [0.15, 0.2) is 11.6 Å². The van der Waals surface area contributed by atoms with E-state index in [-0.39, 0.29) is 11.6 Å². The van der Waals surface area contributed by atoms with Gasteiger partial charge >= 0.3 is 0 Å². The molecule has 0 unspecified atom stereocenters. The summed E-state index contributed by atoms with van der Waals surface area (Å²) < 4.78 is 30.8. The molecule has 0 fully saturated rings. The van der Waals surface area contributed by atoms with E-state index in [1.165, 1.54) is 21.5 Å². The van der Waals surface area contributed by atoms with Crippen molar-refractivity contribution in [3.8, 4) is 34.2 Å². The van der Waals surface area contributed by atoms with E-state index in [1.54, 1.807) is 67.6 Å². The molecule has 6 aromatic rings. The lowest BCUT2D eigenvalue weighted by Crippen LogP contribution is -2.03. The zero-order valence-electron chi connectivity index (χ0n) is 21.5. The smallest absolute Gasteiger partial charge is 0.181 e. The van der Waals surface area contributed by atoms with Gasteiger partial charge in [-0.1, -0.05) is 63.4 Å². The van der Waals surface area contributed by atoms with Crippen LogP contribution in [-0.2, 0) is 5.33 Å². The first-order valence-corrected chi connectivity index (χ1v) is 14.2. The molecule has 2 heterocycles. The van der Waals surface area contributed by atoms with E-state index < -0.39 is 0 Å². The number of alkyl halides is 1. The highest BCUT2D eigenvalue weighted by atomic mass is 79.9. The Labute approximate surface area is 253 Å². The second-order valence-corrected chi connectivity index (χ2v) is 10.1. The van der Waals surface area contributed by atoms with Gasteiger partial charge < -0.3 is 0 Å². The van der Waals surface area contributed by atoms with E-state index in [2.05, 4.69) is 36.1 Å². The van der Waals surface area contributed by atoms with Crippen LogP contribution in [0.3, 0.4) is 0 Å². The minimum atomic E-state index is -0.341. The van der Waals surface area contributed by atoms with Crippen LogP contribution >= 0.6 is 39.1 Å². The van der Waals surface area contributed by atoms with Gasteiger partial charge in [0.1, 0.15) is 34.7 Å². The molecule has 0 aliphatic carbocycles. The molecule has 0 saturated heterocycles. The van der Waals surface area contributed by atoms with Crippen molar-refractivity contribution >= 4 is 39.1 Å². The van der Waals surface area contributed by atoms with Crippen molar-refractivity contribution in [2.45, 2.75) is 12.3 Å². The largest absolute Gasteiger partial charge is 0.215 e. The molecule has 11 heteroatoms. The molecular formula is C30H21BrCl2F2N6. The normalized spacial score (nSPS) is 10.8. The summed E-state index contributed by atoms with van der Waals surface area (Å²) in [4.78, 5) is 8.81. The van der Waals surface area contributed by atoms with E-state index in [0.29, 0.717) is 50.0 Å². The molecule has 0 radical (unpaired) electrons. The Morgan fingerprint density at radius 1 is 0.634 bits per heavy atom. The molecule has 41 heavy (non-hydrogen) atoms. The van der Waals surface area contributed by atoms with E-state index in [1.807, 2.05) is 24.3 Å². The number of para-hydroxylation sites is 2. The van der Waals surface area contributed by atoms with E-state index >= 15 is 0 Å². The second kappa shape index (κ2) is 12.7. The van der Waals surface area contributed by atoms with Crippen molar-refractivity contribution in [3.63, 3.8) is 0 Å². The Hall–Kier alpha value is -3.92. The molecule has 6 nitrogen and oxygen atoms in total. The van der Waals surface area contributed by atoms with Crippen LogP contribution in [0.15, 0.2) is 97.1 Å². The summed E-state index contributed by atoms with van der Waals surface area (Å²) in [5.74, 6) is 1.66. The summed E-state index contributed by atoms with van der Waals surface area (Å²) >= 11 is 15.1. The predicted molar refractivity (Wildman–Crippen MR) is 161 cm³/mol. The average molecular weight is 654 g/mol. The van der Waals surface area contributed by atoms with Gasteiger partial charge in [0, 0.05) is 21.2 Å². The van der Waals surface area contributed by atoms with Crippen LogP contribution in [0.1, 0.15) is 11.6 Å². The zero-order chi connectivity index (χ0) is 28.9. The van der Waals surface area contributed by atoms with Crippen molar-refractivity contribution in [1.29, 1.82) is 0 Å². The molecule has 0 amide bonds. The van der Waals surface area contributed by atoms with Crippen molar-refractivity contribution in [2.24, 2.45) is 0 Å². The third-order valence-electron chi connectivity index (χ3n) is 5.93. The number of halogens is 5. The molecule has 6 rings (SSSR count). The molecule has 0 atom stereocenters. The molecule has 0 spiro atoms. The molecule has 206 valence electrons. The number of hydrogen-bond donors (Lipinski definition) is 0. The number of rotatable bonds is 5. The van der Waals surface area contributed by atoms with Crippen molar-refractivity contribution in [1.82, 2.24) is 29.5 Å². The van der Waals surface area contributed by atoms with Crippen LogP contribution in [-0.4, -0.2) is 29.5 Å². The van der Waals surface area contributed by atoms with Gasteiger partial charge in [0.25, 0.3) is 0 Å². The Balaban J connectivity index is 0.000000165. The number of aromatic nitrogens is 6. The number of benzene rings is 4. The summed E-state index contributed by atoms with van der Waals surface area (Å²) in [6.07, 6.45) is 0. The van der Waals surface area contributed by atoms with Crippen molar-refractivity contribution in [2.75, 3.05) is 0 Å². The van der Waals surface area contributed by atoms with Gasteiger partial charge in [-0.2, -0.15) is 0 Å². The molecule has 0 saturated carbocycles. The molecule has 4 aromatic carbocycles. The summed E-state index contributed by atoms with van der Waals surface area (Å²) in [7, 11) is 0. The first kappa shape index (κ1) is 28.6. The first-order chi connectivity index (χ1) is 19.8. The van der Waals surface area contributed by atoms with Gasteiger partial charge in [-0.25, -0.2) is 28.1 Å². The standard InChI is InChI=1S/C15H10BrClFN3.C15H11ClFN3/c16-9-14-19-15(10-5-7-11(17)8-6-10)20-21(14)13-4-2-1-3-12(13)18;1-10-18-15(11-6-8-12(16)9-7-11)19-20(10)14-5-3-2-4-13(14)17/h1-8H,9H2;2-9H,1H3. The maximum atomic E-state index is 13.9. The third kappa shape index (κ3) is 6.53. The second-order valence-electron chi connectivity index (χ2n) is 8.71. The summed E-state index contributed by atoms with van der Waals surface area (Å²) in [6, 6.07) is 27.4. The van der Waals surface area contributed by atoms with E-state index in [9.17, 15) is 8.78 Å². The van der Waals surface area contributed by atoms with Crippen LogP contribution in [0.5, 0.6) is 0 Å². The molecule has 0 N–H and O–H groups in total. The SMILES string of the molecule is Cc1nc(-c2ccc(Cl)cc2)nn1-c1ccccc1F.Fc1ccccc1-n1nc(-c2ccc(Cl)cc2)nc1CBr. The minimum Gasteiger partial charge on any atom is -0.215 e. The van der Waals surface area contributed by atoms with Gasteiger partial charge in [-0.05, 0) is 79.7 Å². The number of aryl methyl sites for hydroxylation is 1. The van der Waals surface area contributed by atoms with Crippen molar-refractivity contribution in [3.05, 3.63) is 130 Å². The molecule has 2 aromatic heterocycles. The Morgan fingerprint density at radius 2 is 1.07 bits per heavy atom. The fourth-order valence-electron chi connectivity index (χ4n) is 3.93. The van der Waals surface area contributed by atoms with Gasteiger partial charge in [0.2, 0.25) is 0 Å². The fourth-order valence-corrected chi connectivity index (χ4v) is 4.55. The van der Waals surface area contributed by atoms with Gasteiger partial charge in [-0.15, -0.1) is 10.2 Å². The Kier molecular flexibility index (Phi) is 8.87. The number of nitrogens with zero attached hydrogens (tertiary/aromatic N) is 6. The van der Waals surface area contributed by atoms with Crippen LogP contribution in [0, 0.1) is 18.6 Å². The molecular weight excluding hydrogens is 633 g/mol. The van der Waals surface area contributed by atoms with E-state index in [4.69, 9.17) is 23.2 Å². The average Bonchev–Trinajstić information content (AvgIpc) is 3.58. The monoisotopic (exact) mass is 652 g/mol. The zero-order valence-corrected chi connectivity index (χ0v) is 24.6. The maximum Gasteiger partial charge on any atom is 0.181 e. The van der Waals surface area contributed by atoms with Gasteiger partial charge in [0.05, 0.1) is 5.33 Å². The highest BCUT2D eigenvalue weighted by Crippen LogP contribution is 2.23. The van der Waals surface area contributed by atoms with Crippen LogP contribution in [0.4, 0.5) is 8.78 Å². The summed E-state index contributed by atoms with van der Waals surface area (Å²) in [6.45, 7) is 1.79. The summed E-state index contributed by atoms with van der Waals surface area (Å²) in [5.41, 5.74) is 2.43. The molecule has 0 aliphatic heterocycles. The Morgan fingerprint density at radius 3 is 1.56 bits per heavy atom. The lowest BCUT2D eigenvalue weighted by atomic mass is 10.2. The predicted octanol–water partition coefficient (Wildman–Crippen LogP) is 8.66. The Bertz CT molecular complexity index is 1790. The molecule has 0 aliphatic rings. The van der Waals surface area contributed by atoms with Crippen LogP contribution in [0.2, 0.25) is 10.0 Å². The maximum absolute atomic E-state index is 13.9. The number of hydrogen-bond acceptors (Lipinski definition) is 4. The highest BCUT2D eigenvalue weighted by molar-refractivity contribution is 9.08. The highest BCUT2D eigenvalue weighted by Gasteiger charge is 2.15. The topological polar surface area (TPSA) is 61.4 Å². The van der Waals surface area contributed by atoms with Crippen molar-refractivity contribution < 1.29 is 8.78 Å². The van der Waals surface area contributed by atoms with Crippen LogP contribution < -0.4 is 0 Å². The van der Waals surface area contributed by atoms with Crippen LogP contribution in [0.25, 0.3) is 34.2 Å². The minimum absolute atomic E-state index is 0.330. The lowest BCUT2D eigenvalue weighted by molar-refractivity contribution is 0.608.